The molecule has 94 valence electrons. The van der Waals surface area contributed by atoms with Crippen molar-refractivity contribution >= 4 is 0 Å². The van der Waals surface area contributed by atoms with E-state index in [1.165, 1.54) is 18.5 Å². The lowest BCUT2D eigenvalue weighted by Crippen LogP contribution is -2.27. The second-order valence-corrected chi connectivity index (χ2v) is 4.82. The molecule has 0 atom stereocenters. The molecule has 2 aromatic heterocycles. The Hall–Kier alpha value is -1.68. The van der Waals surface area contributed by atoms with Crippen molar-refractivity contribution < 1.29 is 0 Å². The second-order valence-electron chi connectivity index (χ2n) is 4.82. The molecule has 1 fully saturated rings. The Morgan fingerprint density at radius 1 is 1.33 bits per heavy atom. The first kappa shape index (κ1) is 11.4. The number of rotatable bonds is 2. The molecule has 0 aromatic carbocycles. The molecule has 0 spiro atoms. The standard InChI is InChI=1S/C14H18N4/c1-11-13(3-2-6-17-11)18-10-16-9-14(18)12-4-7-15-8-5-12/h2-3,6,9-10,12,15H,4-5,7-8H2,1H3. The quantitative estimate of drug-likeness (QED) is 0.876. The van der Waals surface area contributed by atoms with Crippen LogP contribution in [0.1, 0.15) is 30.1 Å². The number of nitrogens with zero attached hydrogens (tertiary/aromatic N) is 3. The SMILES string of the molecule is Cc1ncccc1-n1cncc1C1CCNCC1. The van der Waals surface area contributed by atoms with E-state index in [9.17, 15) is 0 Å². The Morgan fingerprint density at radius 2 is 2.17 bits per heavy atom. The summed E-state index contributed by atoms with van der Waals surface area (Å²) in [6, 6.07) is 4.09. The first-order valence-electron chi connectivity index (χ1n) is 6.51. The van der Waals surface area contributed by atoms with Crippen LogP contribution in [0.2, 0.25) is 0 Å². The molecule has 1 aliphatic heterocycles. The van der Waals surface area contributed by atoms with Crippen molar-refractivity contribution in [3.63, 3.8) is 0 Å². The zero-order valence-electron chi connectivity index (χ0n) is 10.6. The summed E-state index contributed by atoms with van der Waals surface area (Å²) >= 11 is 0. The summed E-state index contributed by atoms with van der Waals surface area (Å²) in [5, 5.41) is 3.41. The van der Waals surface area contributed by atoms with E-state index in [0.29, 0.717) is 5.92 Å². The average Bonchev–Trinajstić information content (AvgIpc) is 2.89. The summed E-state index contributed by atoms with van der Waals surface area (Å²) in [5.74, 6) is 0.605. The van der Waals surface area contributed by atoms with Gasteiger partial charge in [0.15, 0.2) is 0 Å². The Bertz CT molecular complexity index is 526. The first-order chi connectivity index (χ1) is 8.86. The van der Waals surface area contributed by atoms with E-state index in [2.05, 4.69) is 25.9 Å². The van der Waals surface area contributed by atoms with Gasteiger partial charge in [0.05, 0.1) is 17.7 Å². The van der Waals surface area contributed by atoms with Crippen LogP contribution in [0, 0.1) is 6.92 Å². The van der Waals surface area contributed by atoms with Crippen LogP contribution in [-0.4, -0.2) is 27.6 Å². The number of nitrogens with one attached hydrogen (secondary N) is 1. The van der Waals surface area contributed by atoms with Gasteiger partial charge in [-0.3, -0.25) is 4.98 Å². The van der Waals surface area contributed by atoms with Gasteiger partial charge in [-0.1, -0.05) is 0 Å². The number of hydrogen-bond acceptors (Lipinski definition) is 3. The van der Waals surface area contributed by atoms with E-state index in [-0.39, 0.29) is 0 Å². The van der Waals surface area contributed by atoms with Crippen molar-refractivity contribution in [2.75, 3.05) is 13.1 Å². The van der Waals surface area contributed by atoms with Gasteiger partial charge in [0, 0.05) is 24.0 Å². The highest BCUT2D eigenvalue weighted by atomic mass is 15.1. The molecule has 2 aromatic rings. The summed E-state index contributed by atoms with van der Waals surface area (Å²) in [5.41, 5.74) is 3.50. The maximum absolute atomic E-state index is 4.36. The summed E-state index contributed by atoms with van der Waals surface area (Å²) in [7, 11) is 0. The van der Waals surface area contributed by atoms with E-state index < -0.39 is 0 Å². The van der Waals surface area contributed by atoms with Crippen molar-refractivity contribution in [3.05, 3.63) is 42.2 Å². The zero-order chi connectivity index (χ0) is 12.4. The molecule has 18 heavy (non-hydrogen) atoms. The molecule has 1 N–H and O–H groups in total. The topological polar surface area (TPSA) is 42.7 Å². The molecule has 0 amide bonds. The van der Waals surface area contributed by atoms with Gasteiger partial charge in [-0.2, -0.15) is 0 Å². The summed E-state index contributed by atoms with van der Waals surface area (Å²) in [6.07, 6.45) is 8.11. The van der Waals surface area contributed by atoms with Gasteiger partial charge in [0.25, 0.3) is 0 Å². The van der Waals surface area contributed by atoms with Gasteiger partial charge in [-0.15, -0.1) is 0 Å². The van der Waals surface area contributed by atoms with Crippen molar-refractivity contribution in [1.82, 2.24) is 19.9 Å². The summed E-state index contributed by atoms with van der Waals surface area (Å²) in [6.45, 7) is 4.24. The van der Waals surface area contributed by atoms with Gasteiger partial charge < -0.3 is 9.88 Å². The maximum atomic E-state index is 4.36. The lowest BCUT2D eigenvalue weighted by molar-refractivity contribution is 0.449. The molecule has 1 aliphatic rings. The third kappa shape index (κ3) is 2.04. The van der Waals surface area contributed by atoms with Crippen LogP contribution in [0.25, 0.3) is 5.69 Å². The van der Waals surface area contributed by atoms with E-state index in [0.717, 1.165) is 24.5 Å². The van der Waals surface area contributed by atoms with Crippen LogP contribution in [0.4, 0.5) is 0 Å². The predicted molar refractivity (Wildman–Crippen MR) is 70.9 cm³/mol. The Labute approximate surface area is 107 Å². The van der Waals surface area contributed by atoms with E-state index in [1.54, 1.807) is 0 Å². The van der Waals surface area contributed by atoms with Crippen molar-refractivity contribution in [2.45, 2.75) is 25.7 Å². The van der Waals surface area contributed by atoms with Crippen molar-refractivity contribution in [1.29, 1.82) is 0 Å². The maximum Gasteiger partial charge on any atom is 0.0994 e. The van der Waals surface area contributed by atoms with Gasteiger partial charge in [0.1, 0.15) is 0 Å². The fraction of sp³-hybridized carbons (Fsp3) is 0.429. The fourth-order valence-electron chi connectivity index (χ4n) is 2.66. The van der Waals surface area contributed by atoms with Crippen LogP contribution in [0.15, 0.2) is 30.9 Å². The molecule has 4 nitrogen and oxygen atoms in total. The number of aromatic nitrogens is 3. The lowest BCUT2D eigenvalue weighted by Gasteiger charge is -2.24. The number of hydrogen-bond donors (Lipinski definition) is 1. The number of imidazole rings is 1. The minimum atomic E-state index is 0.605. The molecular weight excluding hydrogens is 224 g/mol. The molecular formula is C14H18N4. The van der Waals surface area contributed by atoms with E-state index in [4.69, 9.17) is 0 Å². The number of aryl methyl sites for hydroxylation is 1. The molecule has 0 aliphatic carbocycles. The third-order valence-electron chi connectivity index (χ3n) is 3.66. The van der Waals surface area contributed by atoms with Gasteiger partial charge in [0.2, 0.25) is 0 Å². The highest BCUT2D eigenvalue weighted by molar-refractivity contribution is 5.37. The minimum Gasteiger partial charge on any atom is -0.317 e. The zero-order valence-corrected chi connectivity index (χ0v) is 10.6. The summed E-state index contributed by atoms with van der Waals surface area (Å²) in [4.78, 5) is 8.69. The molecule has 0 unspecified atom stereocenters. The van der Waals surface area contributed by atoms with Crippen molar-refractivity contribution in [2.24, 2.45) is 0 Å². The normalized spacial score (nSPS) is 16.9. The van der Waals surface area contributed by atoms with E-state index in [1.807, 2.05) is 31.7 Å². The Balaban J connectivity index is 1.98. The highest BCUT2D eigenvalue weighted by Gasteiger charge is 2.19. The molecule has 3 heterocycles. The largest absolute Gasteiger partial charge is 0.317 e. The lowest BCUT2D eigenvalue weighted by atomic mass is 9.95. The Kier molecular flexibility index (Phi) is 3.11. The first-order valence-corrected chi connectivity index (χ1v) is 6.51. The second kappa shape index (κ2) is 4.90. The van der Waals surface area contributed by atoms with Crippen LogP contribution < -0.4 is 5.32 Å². The van der Waals surface area contributed by atoms with Gasteiger partial charge >= 0.3 is 0 Å². The summed E-state index contributed by atoms with van der Waals surface area (Å²) < 4.78 is 2.19. The highest BCUT2D eigenvalue weighted by Crippen LogP contribution is 2.27. The smallest absolute Gasteiger partial charge is 0.0994 e. The monoisotopic (exact) mass is 242 g/mol. The molecule has 0 radical (unpaired) electrons. The van der Waals surface area contributed by atoms with Crippen LogP contribution in [-0.2, 0) is 0 Å². The number of piperidine rings is 1. The number of pyridine rings is 1. The van der Waals surface area contributed by atoms with E-state index >= 15 is 0 Å². The van der Waals surface area contributed by atoms with Crippen LogP contribution in [0.3, 0.4) is 0 Å². The molecule has 0 bridgehead atoms. The predicted octanol–water partition coefficient (Wildman–Crippen LogP) is 2.04. The average molecular weight is 242 g/mol. The Morgan fingerprint density at radius 3 is 2.94 bits per heavy atom. The van der Waals surface area contributed by atoms with Crippen LogP contribution >= 0.6 is 0 Å². The van der Waals surface area contributed by atoms with Crippen LogP contribution in [0.5, 0.6) is 0 Å². The van der Waals surface area contributed by atoms with Gasteiger partial charge in [-0.25, -0.2) is 4.98 Å². The molecule has 1 saturated heterocycles. The third-order valence-corrected chi connectivity index (χ3v) is 3.66. The van der Waals surface area contributed by atoms with Gasteiger partial charge in [-0.05, 0) is 45.0 Å². The molecule has 4 heteroatoms. The fourth-order valence-corrected chi connectivity index (χ4v) is 2.66. The van der Waals surface area contributed by atoms with Crippen molar-refractivity contribution in [3.8, 4) is 5.69 Å². The molecule has 3 rings (SSSR count). The molecule has 0 saturated carbocycles. The minimum absolute atomic E-state index is 0.605.